The fraction of sp³-hybridized carbons (Fsp3) is 0.111. The molecule has 0 saturated carbocycles. The van der Waals surface area contributed by atoms with E-state index in [4.69, 9.17) is 25.8 Å². The molecule has 3 amide bonds. The highest BCUT2D eigenvalue weighted by Crippen LogP contribution is 2.28. The van der Waals surface area contributed by atoms with E-state index in [-0.39, 0.29) is 6.61 Å². The third-order valence-corrected chi connectivity index (χ3v) is 5.09. The average molecular weight is 537 g/mol. The van der Waals surface area contributed by atoms with Gasteiger partial charge in [0.25, 0.3) is 5.91 Å². The molecule has 3 aromatic rings. The van der Waals surface area contributed by atoms with Gasteiger partial charge in [0, 0.05) is 5.69 Å². The van der Waals surface area contributed by atoms with Crippen molar-refractivity contribution in [2.24, 2.45) is 5.10 Å². The number of carbonyl (C=O) groups is 3. The Bertz CT molecular complexity index is 1330. The zero-order valence-corrected chi connectivity index (χ0v) is 21.2. The molecule has 0 radical (unpaired) electrons. The third kappa shape index (κ3) is 8.38. The molecular formula is C27H25ClN4O6. The van der Waals surface area contributed by atoms with Crippen LogP contribution in [0.15, 0.2) is 84.5 Å². The number of nitrogens with one attached hydrogen (secondary N) is 3. The standard InChI is InChI=1S/C27H25ClN4O6/c1-3-14-37-20-11-9-19(10-12-20)30-26(34)27(35)32-29-16-18-8-13-23(24(15-18)36-2)38-17-25(33)31-22-7-5-4-6-21(22)28/h3-13,15-16H,1,14,17H2,2H3,(H,30,34)(H,31,33)(H,32,35)/b29-16-. The number of nitrogens with zero attached hydrogens (tertiary/aromatic N) is 1. The molecule has 0 atom stereocenters. The van der Waals surface area contributed by atoms with Crippen molar-refractivity contribution in [2.45, 2.75) is 0 Å². The van der Waals surface area contributed by atoms with E-state index in [0.717, 1.165) is 0 Å². The first-order valence-electron chi connectivity index (χ1n) is 11.2. The maximum absolute atomic E-state index is 12.2. The van der Waals surface area contributed by atoms with Crippen molar-refractivity contribution in [1.29, 1.82) is 0 Å². The Kier molecular flexibility index (Phi) is 10.3. The van der Waals surface area contributed by atoms with Gasteiger partial charge in [0.15, 0.2) is 18.1 Å². The molecule has 3 rings (SSSR count). The van der Waals surface area contributed by atoms with Crippen molar-refractivity contribution < 1.29 is 28.6 Å². The Labute approximate surface area is 224 Å². The van der Waals surface area contributed by atoms with Gasteiger partial charge >= 0.3 is 11.8 Å². The van der Waals surface area contributed by atoms with Gasteiger partial charge in [0.05, 0.1) is 24.0 Å². The predicted octanol–water partition coefficient (Wildman–Crippen LogP) is 4.02. The van der Waals surface area contributed by atoms with Gasteiger partial charge in [-0.2, -0.15) is 5.10 Å². The summed E-state index contributed by atoms with van der Waals surface area (Å²) in [6.45, 7) is 3.65. The Morgan fingerprint density at radius 3 is 2.42 bits per heavy atom. The van der Waals surface area contributed by atoms with Gasteiger partial charge in [-0.1, -0.05) is 36.4 Å². The van der Waals surface area contributed by atoms with Gasteiger partial charge in [0.2, 0.25) is 0 Å². The van der Waals surface area contributed by atoms with Crippen LogP contribution in [0.3, 0.4) is 0 Å². The van der Waals surface area contributed by atoms with Crippen molar-refractivity contribution in [1.82, 2.24) is 5.43 Å². The van der Waals surface area contributed by atoms with Crippen LogP contribution in [0, 0.1) is 0 Å². The molecule has 11 heteroatoms. The average Bonchev–Trinajstić information content (AvgIpc) is 2.93. The predicted molar refractivity (Wildman–Crippen MR) is 145 cm³/mol. The van der Waals surface area contributed by atoms with Crippen LogP contribution in [0.1, 0.15) is 5.56 Å². The molecule has 0 aromatic heterocycles. The van der Waals surface area contributed by atoms with Gasteiger partial charge in [-0.15, -0.1) is 0 Å². The normalized spacial score (nSPS) is 10.4. The summed E-state index contributed by atoms with van der Waals surface area (Å²) < 4.78 is 16.2. The Balaban J connectivity index is 1.50. The summed E-state index contributed by atoms with van der Waals surface area (Å²) in [5.74, 6) is -0.983. The number of hydrazone groups is 1. The maximum Gasteiger partial charge on any atom is 0.329 e. The minimum atomic E-state index is -0.954. The number of amides is 3. The molecule has 0 unspecified atom stereocenters. The summed E-state index contributed by atoms with van der Waals surface area (Å²) in [7, 11) is 1.44. The van der Waals surface area contributed by atoms with Crippen LogP contribution < -0.4 is 30.3 Å². The lowest BCUT2D eigenvalue weighted by molar-refractivity contribution is -0.136. The van der Waals surface area contributed by atoms with E-state index in [1.165, 1.54) is 13.3 Å². The number of rotatable bonds is 11. The molecule has 10 nitrogen and oxygen atoms in total. The summed E-state index contributed by atoms with van der Waals surface area (Å²) in [5.41, 5.74) is 3.60. The largest absolute Gasteiger partial charge is 0.493 e. The van der Waals surface area contributed by atoms with Crippen LogP contribution in [-0.2, 0) is 14.4 Å². The number of hydrogen-bond acceptors (Lipinski definition) is 7. The van der Waals surface area contributed by atoms with Crippen LogP contribution in [0.2, 0.25) is 5.02 Å². The van der Waals surface area contributed by atoms with Gasteiger partial charge in [-0.3, -0.25) is 14.4 Å². The van der Waals surface area contributed by atoms with E-state index < -0.39 is 17.7 Å². The highest BCUT2D eigenvalue weighted by molar-refractivity contribution is 6.39. The lowest BCUT2D eigenvalue weighted by Gasteiger charge is -2.12. The first-order chi connectivity index (χ1) is 18.4. The second kappa shape index (κ2) is 14.0. The number of methoxy groups -OCH3 is 1. The van der Waals surface area contributed by atoms with Gasteiger partial charge in [-0.05, 0) is 60.2 Å². The second-order valence-corrected chi connectivity index (χ2v) is 7.91. The molecule has 196 valence electrons. The zero-order valence-electron chi connectivity index (χ0n) is 20.4. The fourth-order valence-electron chi connectivity index (χ4n) is 2.97. The summed E-state index contributed by atoms with van der Waals surface area (Å²) in [6, 6.07) is 18.2. The number of halogens is 1. The van der Waals surface area contributed by atoms with Crippen molar-refractivity contribution in [3.8, 4) is 17.2 Å². The van der Waals surface area contributed by atoms with E-state index in [1.54, 1.807) is 72.8 Å². The highest BCUT2D eigenvalue weighted by Gasteiger charge is 2.13. The monoisotopic (exact) mass is 536 g/mol. The Morgan fingerprint density at radius 2 is 1.71 bits per heavy atom. The molecule has 0 spiro atoms. The molecular weight excluding hydrogens is 512 g/mol. The van der Waals surface area contributed by atoms with Crippen molar-refractivity contribution >= 4 is 46.9 Å². The van der Waals surface area contributed by atoms with Crippen LogP contribution in [0.5, 0.6) is 17.2 Å². The molecule has 0 fully saturated rings. The minimum absolute atomic E-state index is 0.273. The van der Waals surface area contributed by atoms with E-state index >= 15 is 0 Å². The van der Waals surface area contributed by atoms with Crippen LogP contribution in [0.4, 0.5) is 11.4 Å². The molecule has 0 bridgehead atoms. The molecule has 0 aliphatic carbocycles. The quantitative estimate of drug-likeness (QED) is 0.147. The van der Waals surface area contributed by atoms with E-state index in [0.29, 0.717) is 45.8 Å². The molecule has 38 heavy (non-hydrogen) atoms. The molecule has 0 heterocycles. The summed E-state index contributed by atoms with van der Waals surface area (Å²) >= 11 is 6.04. The Morgan fingerprint density at radius 1 is 0.947 bits per heavy atom. The Hall–Kier alpha value is -4.83. The fourth-order valence-corrected chi connectivity index (χ4v) is 3.15. The van der Waals surface area contributed by atoms with Crippen molar-refractivity contribution in [3.63, 3.8) is 0 Å². The maximum atomic E-state index is 12.2. The molecule has 0 aliphatic rings. The molecule has 3 aromatic carbocycles. The SMILES string of the molecule is C=CCOc1ccc(NC(=O)C(=O)N/N=C\c2ccc(OCC(=O)Nc3ccccc3Cl)c(OC)c2)cc1. The first-order valence-corrected chi connectivity index (χ1v) is 11.6. The third-order valence-electron chi connectivity index (χ3n) is 4.76. The number of para-hydroxylation sites is 1. The topological polar surface area (TPSA) is 127 Å². The first kappa shape index (κ1) is 27.8. The number of benzene rings is 3. The zero-order chi connectivity index (χ0) is 27.3. The number of hydrogen-bond donors (Lipinski definition) is 3. The van der Waals surface area contributed by atoms with E-state index in [1.807, 2.05) is 0 Å². The van der Waals surface area contributed by atoms with Crippen molar-refractivity contribution in [3.05, 3.63) is 90.0 Å². The number of carbonyl (C=O) groups excluding carboxylic acids is 3. The van der Waals surface area contributed by atoms with Gasteiger partial charge in [-0.25, -0.2) is 5.43 Å². The summed E-state index contributed by atoms with van der Waals surface area (Å²) in [6.07, 6.45) is 2.94. The number of anilines is 2. The summed E-state index contributed by atoms with van der Waals surface area (Å²) in [5, 5.41) is 9.34. The molecule has 0 aliphatic heterocycles. The minimum Gasteiger partial charge on any atom is -0.493 e. The highest BCUT2D eigenvalue weighted by atomic mass is 35.5. The number of ether oxygens (including phenoxy) is 3. The van der Waals surface area contributed by atoms with E-state index in [9.17, 15) is 14.4 Å². The smallest absolute Gasteiger partial charge is 0.329 e. The van der Waals surface area contributed by atoms with Gasteiger partial charge < -0.3 is 24.8 Å². The molecule has 3 N–H and O–H groups in total. The molecule has 0 saturated heterocycles. The van der Waals surface area contributed by atoms with Crippen LogP contribution >= 0.6 is 11.6 Å². The van der Waals surface area contributed by atoms with Crippen LogP contribution in [0.25, 0.3) is 0 Å². The van der Waals surface area contributed by atoms with E-state index in [2.05, 4.69) is 27.7 Å². The van der Waals surface area contributed by atoms with Gasteiger partial charge in [0.1, 0.15) is 12.4 Å². The second-order valence-electron chi connectivity index (χ2n) is 7.50. The summed E-state index contributed by atoms with van der Waals surface area (Å²) in [4.78, 5) is 36.4. The van der Waals surface area contributed by atoms with Crippen molar-refractivity contribution in [2.75, 3.05) is 31.0 Å². The lowest BCUT2D eigenvalue weighted by atomic mass is 10.2. The van der Waals surface area contributed by atoms with Crippen LogP contribution in [-0.4, -0.2) is 44.3 Å². The lowest BCUT2D eigenvalue weighted by Crippen LogP contribution is -2.32.